The van der Waals surface area contributed by atoms with Crippen molar-refractivity contribution in [2.24, 2.45) is 0 Å². The Morgan fingerprint density at radius 3 is 1.39 bits per heavy atom. The molecule has 23 heavy (non-hydrogen) atoms. The van der Waals surface area contributed by atoms with Gasteiger partial charge in [0.1, 0.15) is 0 Å². The summed E-state index contributed by atoms with van der Waals surface area (Å²) in [6.45, 7) is 8.12. The molecule has 0 aliphatic rings. The molecular weight excluding hydrogens is 327 g/mol. The first-order chi connectivity index (χ1) is 10.8. The number of nitrogens with two attached hydrogens (primary N) is 2. The summed E-state index contributed by atoms with van der Waals surface area (Å²) >= 11 is 13.1. The molecule has 2 rings (SSSR count). The minimum Gasteiger partial charge on any atom is -0.398 e. The molecule has 2 nitrogen and oxygen atoms in total. The van der Waals surface area contributed by atoms with E-state index in [1.54, 1.807) is 0 Å². The number of nitrogen functional groups attached to an aromatic ring is 2. The Morgan fingerprint density at radius 1 is 0.739 bits per heavy atom. The van der Waals surface area contributed by atoms with Crippen LogP contribution in [0.3, 0.4) is 0 Å². The van der Waals surface area contributed by atoms with Gasteiger partial charge in [-0.1, -0.05) is 49.2 Å². The molecule has 2 aromatic carbocycles. The average molecular weight is 351 g/mol. The Bertz CT molecular complexity index is 689. The number of benzene rings is 2. The highest BCUT2D eigenvalue weighted by Gasteiger charge is 2.15. The molecular formula is C19H24Cl2N2. The molecule has 4 heteroatoms. The number of aryl methyl sites for hydroxylation is 2. The fourth-order valence-corrected chi connectivity index (χ4v) is 3.40. The molecule has 4 N–H and O–H groups in total. The van der Waals surface area contributed by atoms with Gasteiger partial charge in [0.25, 0.3) is 0 Å². The van der Waals surface area contributed by atoms with Crippen molar-refractivity contribution in [2.45, 2.75) is 47.0 Å². The molecule has 124 valence electrons. The van der Waals surface area contributed by atoms with Crippen LogP contribution in [-0.2, 0) is 19.3 Å². The van der Waals surface area contributed by atoms with E-state index in [9.17, 15) is 0 Å². The van der Waals surface area contributed by atoms with Crippen LogP contribution in [0.5, 0.6) is 0 Å². The summed E-state index contributed by atoms with van der Waals surface area (Å²) in [5.74, 6) is 0. The van der Waals surface area contributed by atoms with Crippen molar-refractivity contribution in [1.29, 1.82) is 0 Å². The molecule has 0 unspecified atom stereocenters. The molecule has 0 heterocycles. The lowest BCUT2D eigenvalue weighted by Gasteiger charge is -2.17. The molecule has 0 aliphatic carbocycles. The highest BCUT2D eigenvalue weighted by atomic mass is 35.5. The first kappa shape index (κ1) is 18.0. The van der Waals surface area contributed by atoms with Crippen LogP contribution in [0.25, 0.3) is 0 Å². The van der Waals surface area contributed by atoms with Crippen molar-refractivity contribution in [3.63, 3.8) is 0 Å². The first-order valence-corrected chi connectivity index (χ1v) is 8.69. The van der Waals surface area contributed by atoms with Gasteiger partial charge in [0.2, 0.25) is 0 Å². The summed E-state index contributed by atoms with van der Waals surface area (Å²) in [5, 5.41) is 1.45. The van der Waals surface area contributed by atoms with Gasteiger partial charge in [0, 0.05) is 27.8 Å². The lowest BCUT2D eigenvalue weighted by Crippen LogP contribution is -2.04. The monoisotopic (exact) mass is 350 g/mol. The smallest absolute Gasteiger partial charge is 0.0491 e. The van der Waals surface area contributed by atoms with E-state index in [2.05, 4.69) is 26.0 Å². The first-order valence-electron chi connectivity index (χ1n) is 7.94. The summed E-state index contributed by atoms with van der Waals surface area (Å²) < 4.78 is 0. The molecule has 0 amide bonds. The van der Waals surface area contributed by atoms with Crippen LogP contribution >= 0.6 is 23.2 Å². The zero-order valence-corrected chi connectivity index (χ0v) is 15.7. The predicted octanol–water partition coefficient (Wildman–Crippen LogP) is 5.49. The van der Waals surface area contributed by atoms with Crippen LogP contribution in [0.2, 0.25) is 10.0 Å². The molecule has 0 radical (unpaired) electrons. The van der Waals surface area contributed by atoms with E-state index in [0.29, 0.717) is 6.42 Å². The van der Waals surface area contributed by atoms with Gasteiger partial charge < -0.3 is 11.5 Å². The zero-order valence-electron chi connectivity index (χ0n) is 14.2. The number of rotatable bonds is 4. The largest absolute Gasteiger partial charge is 0.398 e. The van der Waals surface area contributed by atoms with E-state index in [-0.39, 0.29) is 0 Å². The minimum atomic E-state index is 0.680. The molecule has 0 fully saturated rings. The third kappa shape index (κ3) is 3.29. The lowest BCUT2D eigenvalue weighted by molar-refractivity contribution is 1.08. The predicted molar refractivity (Wildman–Crippen MR) is 103 cm³/mol. The van der Waals surface area contributed by atoms with Crippen LogP contribution < -0.4 is 11.5 Å². The van der Waals surface area contributed by atoms with Gasteiger partial charge in [-0.15, -0.1) is 0 Å². The topological polar surface area (TPSA) is 52.0 Å². The van der Waals surface area contributed by atoms with Crippen molar-refractivity contribution < 1.29 is 0 Å². The van der Waals surface area contributed by atoms with Gasteiger partial charge in [-0.2, -0.15) is 0 Å². The highest BCUT2D eigenvalue weighted by Crippen LogP contribution is 2.35. The van der Waals surface area contributed by atoms with Crippen LogP contribution in [-0.4, -0.2) is 0 Å². The van der Waals surface area contributed by atoms with E-state index >= 15 is 0 Å². The summed E-state index contributed by atoms with van der Waals surface area (Å²) in [5.41, 5.74) is 20.1. The quantitative estimate of drug-likeness (QED) is 0.716. The second-order valence-corrected chi connectivity index (χ2v) is 6.73. The SMILES string of the molecule is CCc1cc(Cc2cc(CC)c(N)c(C)c2Cl)c(Cl)c(C)c1N. The Hall–Kier alpha value is -1.38. The third-order valence-electron chi connectivity index (χ3n) is 4.56. The van der Waals surface area contributed by atoms with Crippen molar-refractivity contribution in [3.05, 3.63) is 55.6 Å². The van der Waals surface area contributed by atoms with Crippen molar-refractivity contribution in [1.82, 2.24) is 0 Å². The summed E-state index contributed by atoms with van der Waals surface area (Å²) in [4.78, 5) is 0. The summed E-state index contributed by atoms with van der Waals surface area (Å²) in [7, 11) is 0. The molecule has 0 spiro atoms. The maximum absolute atomic E-state index is 6.53. The van der Waals surface area contributed by atoms with Gasteiger partial charge in [-0.25, -0.2) is 0 Å². The second kappa shape index (κ2) is 7.02. The van der Waals surface area contributed by atoms with Gasteiger partial charge in [-0.3, -0.25) is 0 Å². The van der Waals surface area contributed by atoms with Crippen LogP contribution in [0.1, 0.15) is 47.2 Å². The summed E-state index contributed by atoms with van der Waals surface area (Å²) in [6.07, 6.45) is 2.44. The Balaban J connectivity index is 2.56. The maximum atomic E-state index is 6.53. The molecule has 0 saturated heterocycles. The van der Waals surface area contributed by atoms with Crippen LogP contribution in [0, 0.1) is 13.8 Å². The summed E-state index contributed by atoms with van der Waals surface area (Å²) in [6, 6.07) is 4.19. The van der Waals surface area contributed by atoms with Crippen molar-refractivity contribution in [2.75, 3.05) is 11.5 Å². The van der Waals surface area contributed by atoms with Crippen molar-refractivity contribution in [3.8, 4) is 0 Å². The average Bonchev–Trinajstić information content (AvgIpc) is 2.55. The maximum Gasteiger partial charge on any atom is 0.0491 e. The van der Waals surface area contributed by atoms with Crippen molar-refractivity contribution >= 4 is 34.6 Å². The number of hydrogen-bond acceptors (Lipinski definition) is 2. The van der Waals surface area contributed by atoms with E-state index in [1.165, 1.54) is 0 Å². The number of halogens is 2. The second-order valence-electron chi connectivity index (χ2n) is 5.98. The molecule has 0 aromatic heterocycles. The molecule has 0 bridgehead atoms. The van der Waals surface area contributed by atoms with E-state index in [0.717, 1.165) is 67.6 Å². The zero-order chi connectivity index (χ0) is 17.3. The number of anilines is 2. The normalized spacial score (nSPS) is 11.0. The van der Waals surface area contributed by atoms with E-state index in [4.69, 9.17) is 34.7 Å². The Labute approximate surface area is 148 Å². The standard InChI is InChI=1S/C19H24Cl2N2/c1-5-12-7-14(16(20)10(3)18(12)22)9-15-8-13(6-2)19(23)11(4)17(15)21/h7-8H,5-6,9,22-23H2,1-4H3. The van der Waals surface area contributed by atoms with Gasteiger partial charge in [0.05, 0.1) is 0 Å². The van der Waals surface area contributed by atoms with Gasteiger partial charge >= 0.3 is 0 Å². The van der Waals surface area contributed by atoms with E-state index < -0.39 is 0 Å². The minimum absolute atomic E-state index is 0.680. The van der Waals surface area contributed by atoms with Crippen LogP contribution in [0.4, 0.5) is 11.4 Å². The molecule has 0 atom stereocenters. The van der Waals surface area contributed by atoms with Gasteiger partial charge in [0.15, 0.2) is 0 Å². The van der Waals surface area contributed by atoms with E-state index in [1.807, 2.05) is 13.8 Å². The highest BCUT2D eigenvalue weighted by molar-refractivity contribution is 6.33. The van der Waals surface area contributed by atoms with Crippen LogP contribution in [0.15, 0.2) is 12.1 Å². The number of hydrogen-bond donors (Lipinski definition) is 2. The van der Waals surface area contributed by atoms with Gasteiger partial charge in [-0.05, 0) is 60.1 Å². The lowest BCUT2D eigenvalue weighted by atomic mass is 9.94. The Morgan fingerprint density at radius 2 is 1.09 bits per heavy atom. The third-order valence-corrected chi connectivity index (χ3v) is 5.61. The Kier molecular flexibility index (Phi) is 5.49. The molecule has 0 saturated carbocycles. The fourth-order valence-electron chi connectivity index (χ4n) is 2.95. The molecule has 2 aromatic rings. The fraction of sp³-hybridized carbons (Fsp3) is 0.368. The molecule has 0 aliphatic heterocycles.